The molecular weight excluding hydrogens is 386 g/mol. The normalized spacial score (nSPS) is 15.2. The largest absolute Gasteiger partial charge is 0.497 e. The van der Waals surface area contributed by atoms with Crippen LogP contribution in [0.15, 0.2) is 24.3 Å². The van der Waals surface area contributed by atoms with E-state index in [-0.39, 0.29) is 24.9 Å². The molecular formula is C22H33N3O5. The topological polar surface area (TPSA) is 106 Å². The highest BCUT2D eigenvalue weighted by atomic mass is 16.6. The number of carbonyl (C=O) groups is 3. The van der Waals surface area contributed by atoms with Gasteiger partial charge in [0.05, 0.1) is 13.5 Å². The maximum atomic E-state index is 12.7. The highest BCUT2D eigenvalue weighted by Gasteiger charge is 2.27. The van der Waals surface area contributed by atoms with E-state index in [1.165, 1.54) is 0 Å². The lowest BCUT2D eigenvalue weighted by molar-refractivity contribution is -0.128. The van der Waals surface area contributed by atoms with Crippen molar-refractivity contribution in [2.75, 3.05) is 7.11 Å². The molecule has 8 nitrogen and oxygen atoms in total. The van der Waals surface area contributed by atoms with Crippen molar-refractivity contribution in [1.29, 1.82) is 0 Å². The Kier molecular flexibility index (Phi) is 8.50. The summed E-state index contributed by atoms with van der Waals surface area (Å²) in [5.41, 5.74) is 0.163. The fourth-order valence-corrected chi connectivity index (χ4v) is 3.26. The van der Waals surface area contributed by atoms with Crippen LogP contribution in [0.5, 0.6) is 5.75 Å². The molecule has 0 aliphatic heterocycles. The van der Waals surface area contributed by atoms with Gasteiger partial charge in [0.25, 0.3) is 0 Å². The zero-order valence-corrected chi connectivity index (χ0v) is 18.2. The van der Waals surface area contributed by atoms with E-state index in [1.54, 1.807) is 40.0 Å². The molecule has 1 atom stereocenters. The second-order valence-electron chi connectivity index (χ2n) is 8.52. The molecule has 1 aliphatic rings. The maximum Gasteiger partial charge on any atom is 0.408 e. The number of ether oxygens (including phenoxy) is 2. The lowest BCUT2D eigenvalue weighted by atomic mass is 10.1. The minimum absolute atomic E-state index is 0.141. The first kappa shape index (κ1) is 23.5. The van der Waals surface area contributed by atoms with Gasteiger partial charge in [0.1, 0.15) is 17.4 Å². The van der Waals surface area contributed by atoms with Crippen LogP contribution < -0.4 is 20.7 Å². The number of methoxy groups -OCH3 is 1. The lowest BCUT2D eigenvalue weighted by Gasteiger charge is -2.23. The smallest absolute Gasteiger partial charge is 0.408 e. The molecule has 1 saturated carbocycles. The maximum absolute atomic E-state index is 12.7. The van der Waals surface area contributed by atoms with Crippen molar-refractivity contribution in [2.45, 2.75) is 77.1 Å². The van der Waals surface area contributed by atoms with E-state index in [9.17, 15) is 14.4 Å². The van der Waals surface area contributed by atoms with Crippen LogP contribution in [0.1, 0.15) is 58.4 Å². The summed E-state index contributed by atoms with van der Waals surface area (Å²) in [5.74, 6) is 0.0129. The van der Waals surface area contributed by atoms with Gasteiger partial charge in [-0.15, -0.1) is 0 Å². The van der Waals surface area contributed by atoms with Gasteiger partial charge in [0.15, 0.2) is 0 Å². The van der Waals surface area contributed by atoms with Gasteiger partial charge in [-0.3, -0.25) is 9.59 Å². The Labute approximate surface area is 178 Å². The lowest BCUT2D eigenvalue weighted by Crippen LogP contribution is -2.50. The van der Waals surface area contributed by atoms with E-state index in [4.69, 9.17) is 9.47 Å². The van der Waals surface area contributed by atoms with Crippen LogP contribution >= 0.6 is 0 Å². The minimum Gasteiger partial charge on any atom is -0.497 e. The van der Waals surface area contributed by atoms with Crippen LogP contribution in [-0.4, -0.2) is 42.7 Å². The Bertz CT molecular complexity index is 721. The second kappa shape index (κ2) is 10.8. The molecule has 8 heteroatoms. The molecule has 2 rings (SSSR count). The summed E-state index contributed by atoms with van der Waals surface area (Å²) in [6.07, 6.45) is 3.18. The van der Waals surface area contributed by atoms with Crippen LogP contribution in [0.2, 0.25) is 0 Å². The molecule has 1 aromatic carbocycles. The van der Waals surface area contributed by atoms with Crippen molar-refractivity contribution < 1.29 is 23.9 Å². The summed E-state index contributed by atoms with van der Waals surface area (Å²) < 4.78 is 10.4. The van der Waals surface area contributed by atoms with Crippen molar-refractivity contribution >= 4 is 17.9 Å². The number of hydrogen-bond acceptors (Lipinski definition) is 5. The quantitative estimate of drug-likeness (QED) is 0.601. The van der Waals surface area contributed by atoms with Gasteiger partial charge >= 0.3 is 6.09 Å². The monoisotopic (exact) mass is 419 g/mol. The third-order valence-electron chi connectivity index (χ3n) is 4.74. The number of hydrogen-bond donors (Lipinski definition) is 3. The van der Waals surface area contributed by atoms with Crippen LogP contribution in [0.25, 0.3) is 0 Å². The summed E-state index contributed by atoms with van der Waals surface area (Å²) in [4.78, 5) is 37.3. The molecule has 166 valence electrons. The SMILES string of the molecule is COc1ccc(CNC(=O)[C@H](CC(=O)NC2CCCC2)NC(=O)OC(C)(C)C)cc1. The molecule has 0 saturated heterocycles. The van der Waals surface area contributed by atoms with Gasteiger partial charge in [0.2, 0.25) is 11.8 Å². The molecule has 0 radical (unpaired) electrons. The first-order valence-corrected chi connectivity index (χ1v) is 10.4. The molecule has 0 heterocycles. The summed E-state index contributed by atoms with van der Waals surface area (Å²) in [6, 6.07) is 6.38. The summed E-state index contributed by atoms with van der Waals surface area (Å²) >= 11 is 0. The highest BCUT2D eigenvalue weighted by Crippen LogP contribution is 2.18. The van der Waals surface area contributed by atoms with E-state index in [1.807, 2.05) is 12.1 Å². The average molecular weight is 420 g/mol. The third-order valence-corrected chi connectivity index (χ3v) is 4.74. The number of alkyl carbamates (subject to hydrolysis) is 1. The molecule has 0 unspecified atom stereocenters. The first-order chi connectivity index (χ1) is 14.2. The van der Waals surface area contributed by atoms with Crippen LogP contribution in [0.3, 0.4) is 0 Å². The Morgan fingerprint density at radius 2 is 1.73 bits per heavy atom. The van der Waals surface area contributed by atoms with E-state index in [2.05, 4.69) is 16.0 Å². The van der Waals surface area contributed by atoms with E-state index in [0.717, 1.165) is 37.0 Å². The van der Waals surface area contributed by atoms with Gasteiger partial charge in [0, 0.05) is 12.6 Å². The van der Waals surface area contributed by atoms with Crippen molar-refractivity contribution in [3.05, 3.63) is 29.8 Å². The molecule has 3 amide bonds. The predicted octanol–water partition coefficient (Wildman–Crippen LogP) is 2.65. The molecule has 3 N–H and O–H groups in total. The van der Waals surface area contributed by atoms with Gasteiger partial charge in [-0.2, -0.15) is 0 Å². The number of carbonyl (C=O) groups excluding carboxylic acids is 3. The molecule has 0 bridgehead atoms. The zero-order valence-electron chi connectivity index (χ0n) is 18.2. The standard InChI is InChI=1S/C22H33N3O5/c1-22(2,3)30-21(28)25-18(13-19(26)24-16-7-5-6-8-16)20(27)23-14-15-9-11-17(29-4)12-10-15/h9-12,16,18H,5-8,13-14H2,1-4H3,(H,23,27)(H,24,26)(H,25,28)/t18-/m0/s1. The number of benzene rings is 1. The van der Waals surface area contributed by atoms with Crippen molar-refractivity contribution in [1.82, 2.24) is 16.0 Å². The molecule has 0 spiro atoms. The van der Waals surface area contributed by atoms with Crippen LogP contribution in [-0.2, 0) is 20.9 Å². The summed E-state index contributed by atoms with van der Waals surface area (Å²) in [5, 5.41) is 8.25. The summed E-state index contributed by atoms with van der Waals surface area (Å²) in [6.45, 7) is 5.47. The van der Waals surface area contributed by atoms with Gasteiger partial charge < -0.3 is 25.4 Å². The van der Waals surface area contributed by atoms with Crippen molar-refractivity contribution in [3.63, 3.8) is 0 Å². The van der Waals surface area contributed by atoms with Crippen LogP contribution in [0, 0.1) is 0 Å². The fraction of sp³-hybridized carbons (Fsp3) is 0.591. The molecule has 1 fully saturated rings. The third kappa shape index (κ3) is 8.31. The predicted molar refractivity (Wildman–Crippen MR) is 113 cm³/mol. The fourth-order valence-electron chi connectivity index (χ4n) is 3.26. The van der Waals surface area contributed by atoms with Gasteiger partial charge in [-0.1, -0.05) is 25.0 Å². The van der Waals surface area contributed by atoms with Crippen LogP contribution in [0.4, 0.5) is 4.79 Å². The van der Waals surface area contributed by atoms with Gasteiger partial charge in [-0.05, 0) is 51.3 Å². The minimum atomic E-state index is -1.03. The van der Waals surface area contributed by atoms with E-state index in [0.29, 0.717) is 0 Å². The number of amides is 3. The Morgan fingerprint density at radius 1 is 1.10 bits per heavy atom. The number of nitrogens with one attached hydrogen (secondary N) is 3. The van der Waals surface area contributed by atoms with Gasteiger partial charge in [-0.25, -0.2) is 4.79 Å². The van der Waals surface area contributed by atoms with E-state index < -0.39 is 23.6 Å². The molecule has 30 heavy (non-hydrogen) atoms. The molecule has 1 aromatic rings. The van der Waals surface area contributed by atoms with Crippen molar-refractivity contribution in [3.8, 4) is 5.75 Å². The second-order valence-corrected chi connectivity index (χ2v) is 8.52. The Hall–Kier alpha value is -2.77. The zero-order chi connectivity index (χ0) is 22.1. The summed E-state index contributed by atoms with van der Waals surface area (Å²) in [7, 11) is 1.58. The first-order valence-electron chi connectivity index (χ1n) is 10.4. The Morgan fingerprint density at radius 3 is 2.30 bits per heavy atom. The number of rotatable bonds is 8. The molecule has 0 aromatic heterocycles. The molecule has 1 aliphatic carbocycles. The highest BCUT2D eigenvalue weighted by molar-refractivity contribution is 5.91. The van der Waals surface area contributed by atoms with E-state index >= 15 is 0 Å². The average Bonchev–Trinajstić information content (AvgIpc) is 3.17. The Balaban J connectivity index is 1.97. The van der Waals surface area contributed by atoms with Crippen molar-refractivity contribution in [2.24, 2.45) is 0 Å².